The Labute approximate surface area is 145 Å². The summed E-state index contributed by atoms with van der Waals surface area (Å²) in [5, 5.41) is 10.7. The van der Waals surface area contributed by atoms with E-state index in [0.29, 0.717) is 11.3 Å². The normalized spacial score (nSPS) is 29.0. The highest BCUT2D eigenvalue weighted by Gasteiger charge is 2.56. The fourth-order valence-electron chi connectivity index (χ4n) is 3.50. The molecule has 136 valence electrons. The van der Waals surface area contributed by atoms with Gasteiger partial charge in [-0.1, -0.05) is 12.1 Å². The summed E-state index contributed by atoms with van der Waals surface area (Å²) in [5.41, 5.74) is -1.10. The van der Waals surface area contributed by atoms with Crippen LogP contribution in [-0.2, 0) is 23.9 Å². The van der Waals surface area contributed by atoms with Crippen molar-refractivity contribution in [2.45, 2.75) is 24.9 Å². The molecule has 1 fully saturated rings. The van der Waals surface area contributed by atoms with Crippen LogP contribution in [0.1, 0.15) is 24.8 Å². The zero-order valence-corrected chi connectivity index (χ0v) is 14.6. The van der Waals surface area contributed by atoms with E-state index in [1.54, 1.807) is 24.3 Å². The first kappa shape index (κ1) is 18.9. The Balaban J connectivity index is 2.61. The fourth-order valence-corrected chi connectivity index (χ4v) is 3.50. The number of carbonyl (C=O) groups is 3. The zero-order valence-electron chi connectivity index (χ0n) is 14.6. The highest BCUT2D eigenvalue weighted by atomic mass is 16.5. The quantitative estimate of drug-likeness (QED) is 0.641. The number of esters is 2. The van der Waals surface area contributed by atoms with Gasteiger partial charge in [-0.3, -0.25) is 14.4 Å². The second kappa shape index (κ2) is 7.23. The maximum Gasteiger partial charge on any atom is 0.316 e. The van der Waals surface area contributed by atoms with Gasteiger partial charge in [0.1, 0.15) is 11.7 Å². The third kappa shape index (κ3) is 3.51. The molecule has 1 aliphatic rings. The molecule has 0 amide bonds. The summed E-state index contributed by atoms with van der Waals surface area (Å²) in [6.45, 7) is 1.40. The van der Waals surface area contributed by atoms with Crippen molar-refractivity contribution in [1.29, 1.82) is 0 Å². The first-order chi connectivity index (χ1) is 11.8. The monoisotopic (exact) mass is 350 g/mol. The minimum Gasteiger partial charge on any atom is -0.497 e. The summed E-state index contributed by atoms with van der Waals surface area (Å²) in [6, 6.07) is 6.63. The maximum atomic E-state index is 12.5. The van der Waals surface area contributed by atoms with Crippen LogP contribution in [0.2, 0.25) is 0 Å². The van der Waals surface area contributed by atoms with Crippen LogP contribution in [0.4, 0.5) is 0 Å². The molecule has 1 aromatic rings. The van der Waals surface area contributed by atoms with Crippen LogP contribution in [0, 0.1) is 11.8 Å². The van der Waals surface area contributed by atoms with Crippen molar-refractivity contribution in [2.24, 2.45) is 11.8 Å². The Morgan fingerprint density at radius 2 is 1.64 bits per heavy atom. The zero-order chi connectivity index (χ0) is 18.8. The Kier molecular flexibility index (Phi) is 5.47. The van der Waals surface area contributed by atoms with Gasteiger partial charge in [-0.05, 0) is 24.6 Å². The van der Waals surface area contributed by atoms with E-state index in [4.69, 9.17) is 14.2 Å². The van der Waals surface area contributed by atoms with E-state index in [0.717, 1.165) is 0 Å². The van der Waals surface area contributed by atoms with Crippen LogP contribution >= 0.6 is 0 Å². The van der Waals surface area contributed by atoms with Gasteiger partial charge in [-0.15, -0.1) is 0 Å². The van der Waals surface area contributed by atoms with Gasteiger partial charge in [0, 0.05) is 12.3 Å². The molecule has 0 radical (unpaired) electrons. The third-order valence-electron chi connectivity index (χ3n) is 4.68. The van der Waals surface area contributed by atoms with Crippen LogP contribution in [0.15, 0.2) is 24.3 Å². The van der Waals surface area contributed by atoms with E-state index in [1.165, 1.54) is 28.3 Å². The van der Waals surface area contributed by atoms with E-state index < -0.39 is 41.1 Å². The fraction of sp³-hybridized carbons (Fsp3) is 0.500. The van der Waals surface area contributed by atoms with Gasteiger partial charge in [0.05, 0.1) is 32.8 Å². The second-order valence-corrected chi connectivity index (χ2v) is 6.30. The Morgan fingerprint density at radius 1 is 1.08 bits per heavy atom. The Bertz CT molecular complexity index is 663. The Morgan fingerprint density at radius 3 is 2.12 bits per heavy atom. The molecular formula is C18H22O7. The molecule has 0 saturated heterocycles. The first-order valence-electron chi connectivity index (χ1n) is 7.81. The number of hydrogen-bond acceptors (Lipinski definition) is 7. The maximum absolute atomic E-state index is 12.5. The molecule has 7 nitrogen and oxygen atoms in total. The number of aliphatic hydroxyl groups is 1. The SMILES string of the molecule is COC(=O)[C@@H]1C(=O)C[C@@](C)(O)[C@H](C(=O)OC)[C@@H]1c1ccc(OC)cc1. The van der Waals surface area contributed by atoms with E-state index in [2.05, 4.69) is 0 Å². The summed E-state index contributed by atoms with van der Waals surface area (Å²) in [7, 11) is 3.89. The Hall–Kier alpha value is -2.41. The van der Waals surface area contributed by atoms with Crippen molar-refractivity contribution in [3.63, 3.8) is 0 Å². The summed E-state index contributed by atoms with van der Waals surface area (Å²) < 4.78 is 14.7. The van der Waals surface area contributed by atoms with Crippen molar-refractivity contribution < 1.29 is 33.7 Å². The lowest BCUT2D eigenvalue weighted by Gasteiger charge is -2.43. The number of ether oxygens (including phenoxy) is 3. The van der Waals surface area contributed by atoms with Crippen molar-refractivity contribution >= 4 is 17.7 Å². The van der Waals surface area contributed by atoms with Gasteiger partial charge in [-0.25, -0.2) is 0 Å². The summed E-state index contributed by atoms with van der Waals surface area (Å²) >= 11 is 0. The van der Waals surface area contributed by atoms with Gasteiger partial charge in [0.2, 0.25) is 0 Å². The van der Waals surface area contributed by atoms with Gasteiger partial charge in [0.25, 0.3) is 0 Å². The van der Waals surface area contributed by atoms with E-state index >= 15 is 0 Å². The van der Waals surface area contributed by atoms with Gasteiger partial charge in [0.15, 0.2) is 5.78 Å². The van der Waals surface area contributed by atoms with Crippen LogP contribution in [-0.4, -0.2) is 49.8 Å². The lowest BCUT2D eigenvalue weighted by atomic mass is 9.62. The molecule has 7 heteroatoms. The molecule has 25 heavy (non-hydrogen) atoms. The summed E-state index contributed by atoms with van der Waals surface area (Å²) in [5.74, 6) is -4.50. The van der Waals surface area contributed by atoms with E-state index in [-0.39, 0.29) is 6.42 Å². The highest BCUT2D eigenvalue weighted by molar-refractivity contribution is 6.02. The largest absolute Gasteiger partial charge is 0.497 e. The van der Waals surface area contributed by atoms with Crippen LogP contribution in [0.25, 0.3) is 0 Å². The molecule has 0 unspecified atom stereocenters. The highest BCUT2D eigenvalue weighted by Crippen LogP contribution is 2.46. The predicted molar refractivity (Wildman–Crippen MR) is 87.0 cm³/mol. The number of benzene rings is 1. The predicted octanol–water partition coefficient (Wildman–Crippen LogP) is 1.08. The van der Waals surface area contributed by atoms with Gasteiger partial charge >= 0.3 is 11.9 Å². The lowest BCUT2D eigenvalue weighted by molar-refractivity contribution is -0.170. The minimum absolute atomic E-state index is 0.334. The van der Waals surface area contributed by atoms with Crippen molar-refractivity contribution in [2.75, 3.05) is 21.3 Å². The average molecular weight is 350 g/mol. The standard InChI is InChI=1S/C18H22O7/c1-18(22)9-12(19)14(16(20)24-3)13(15(18)17(21)25-4)10-5-7-11(23-2)8-6-10/h5-8,13-15,22H,9H2,1-4H3/t13-,14-,15+,18-/m1/s1. The molecule has 0 aliphatic heterocycles. The third-order valence-corrected chi connectivity index (χ3v) is 4.68. The van der Waals surface area contributed by atoms with Crippen LogP contribution in [0.3, 0.4) is 0 Å². The molecule has 1 saturated carbocycles. The molecule has 0 heterocycles. The van der Waals surface area contributed by atoms with Gasteiger partial charge in [-0.2, -0.15) is 0 Å². The molecule has 1 N–H and O–H groups in total. The number of rotatable bonds is 4. The van der Waals surface area contributed by atoms with E-state index in [1.807, 2.05) is 0 Å². The number of methoxy groups -OCH3 is 3. The van der Waals surface area contributed by atoms with Crippen LogP contribution in [0.5, 0.6) is 5.75 Å². The topological polar surface area (TPSA) is 99.1 Å². The van der Waals surface area contributed by atoms with Crippen LogP contribution < -0.4 is 4.74 Å². The number of ketones is 1. The lowest BCUT2D eigenvalue weighted by Crippen LogP contribution is -2.55. The molecule has 1 aliphatic carbocycles. The van der Waals surface area contributed by atoms with E-state index in [9.17, 15) is 19.5 Å². The molecule has 4 atom stereocenters. The molecule has 0 bridgehead atoms. The number of hydrogen-bond donors (Lipinski definition) is 1. The molecule has 0 aromatic heterocycles. The molecule has 1 aromatic carbocycles. The van der Waals surface area contributed by atoms with Gasteiger partial charge < -0.3 is 19.3 Å². The van der Waals surface area contributed by atoms with Crippen molar-refractivity contribution in [3.8, 4) is 5.75 Å². The minimum atomic E-state index is -1.64. The second-order valence-electron chi connectivity index (χ2n) is 6.30. The molecular weight excluding hydrogens is 328 g/mol. The first-order valence-corrected chi connectivity index (χ1v) is 7.81. The number of Topliss-reactive ketones (excluding diaryl/α,β-unsaturated/α-hetero) is 1. The summed E-state index contributed by atoms with van der Waals surface area (Å²) in [6.07, 6.45) is -0.334. The van der Waals surface area contributed by atoms with Crippen molar-refractivity contribution in [1.82, 2.24) is 0 Å². The average Bonchev–Trinajstić information content (AvgIpc) is 2.59. The number of carbonyl (C=O) groups excluding carboxylic acids is 3. The smallest absolute Gasteiger partial charge is 0.316 e. The van der Waals surface area contributed by atoms with Crippen molar-refractivity contribution in [3.05, 3.63) is 29.8 Å². The molecule has 0 spiro atoms. The molecule has 2 rings (SSSR count). The summed E-state index contributed by atoms with van der Waals surface area (Å²) in [4.78, 5) is 37.2.